The van der Waals surface area contributed by atoms with E-state index in [1.165, 1.54) is 0 Å². The minimum absolute atomic E-state index is 0.456. The Balaban J connectivity index is 2.96. The van der Waals surface area contributed by atoms with Gasteiger partial charge in [0.05, 0.1) is 20.3 Å². The van der Waals surface area contributed by atoms with Crippen molar-refractivity contribution in [3.8, 4) is 11.5 Å². The average molecular weight is 208 g/mol. The summed E-state index contributed by atoms with van der Waals surface area (Å²) in [5, 5.41) is 9.12. The van der Waals surface area contributed by atoms with Gasteiger partial charge in [-0.2, -0.15) is 0 Å². The minimum atomic E-state index is -0.456. The Hall–Kier alpha value is -1.48. The summed E-state index contributed by atoms with van der Waals surface area (Å²) >= 11 is 0. The highest BCUT2D eigenvalue weighted by Gasteiger charge is 1.99. The summed E-state index contributed by atoms with van der Waals surface area (Å²) in [6, 6.07) is 5.56. The van der Waals surface area contributed by atoms with E-state index < -0.39 is 6.10 Å². The normalized spacial score (nSPS) is 12.8. The van der Waals surface area contributed by atoms with E-state index in [1.54, 1.807) is 33.3 Å². The third-order valence-corrected chi connectivity index (χ3v) is 1.94. The Morgan fingerprint density at radius 2 is 1.67 bits per heavy atom. The summed E-state index contributed by atoms with van der Waals surface area (Å²) in [6.45, 7) is 1.70. The summed E-state index contributed by atoms with van der Waals surface area (Å²) in [7, 11) is 3.22. The van der Waals surface area contributed by atoms with Crippen molar-refractivity contribution in [3.63, 3.8) is 0 Å². The molecule has 0 saturated heterocycles. The maximum atomic E-state index is 9.12. The zero-order chi connectivity index (χ0) is 11.3. The molecule has 3 heteroatoms. The van der Waals surface area contributed by atoms with Crippen LogP contribution in [0.5, 0.6) is 11.5 Å². The molecule has 1 aromatic carbocycles. The average Bonchev–Trinajstić information content (AvgIpc) is 2.25. The van der Waals surface area contributed by atoms with E-state index in [2.05, 4.69) is 0 Å². The Morgan fingerprint density at radius 3 is 2.07 bits per heavy atom. The summed E-state index contributed by atoms with van der Waals surface area (Å²) in [5.41, 5.74) is 0.937. The fraction of sp³-hybridized carbons (Fsp3) is 0.333. The summed E-state index contributed by atoms with van der Waals surface area (Å²) in [5.74, 6) is 1.47. The van der Waals surface area contributed by atoms with Gasteiger partial charge in [0.25, 0.3) is 0 Å². The number of hydrogen-bond acceptors (Lipinski definition) is 3. The smallest absolute Gasteiger partial charge is 0.123 e. The number of aliphatic hydroxyl groups is 1. The third kappa shape index (κ3) is 3.64. The maximum absolute atomic E-state index is 9.12. The number of benzene rings is 1. The number of ether oxygens (including phenoxy) is 2. The van der Waals surface area contributed by atoms with Crippen LogP contribution in [-0.4, -0.2) is 25.4 Å². The molecular formula is C12H16O3. The van der Waals surface area contributed by atoms with Crippen molar-refractivity contribution in [3.05, 3.63) is 29.8 Å². The van der Waals surface area contributed by atoms with Crippen molar-refractivity contribution in [2.24, 2.45) is 0 Å². The van der Waals surface area contributed by atoms with Crippen LogP contribution in [0.3, 0.4) is 0 Å². The lowest BCUT2D eigenvalue weighted by molar-refractivity contribution is 0.245. The Bertz CT molecular complexity index is 320. The molecule has 1 unspecified atom stereocenters. The lowest BCUT2D eigenvalue weighted by Crippen LogP contribution is -1.92. The van der Waals surface area contributed by atoms with Crippen LogP contribution in [0.4, 0.5) is 0 Å². The second-order valence-electron chi connectivity index (χ2n) is 3.25. The monoisotopic (exact) mass is 208 g/mol. The van der Waals surface area contributed by atoms with Crippen LogP contribution in [0.1, 0.15) is 12.5 Å². The van der Waals surface area contributed by atoms with E-state index in [0.29, 0.717) is 0 Å². The van der Waals surface area contributed by atoms with Crippen LogP contribution in [0.15, 0.2) is 24.3 Å². The van der Waals surface area contributed by atoms with Crippen molar-refractivity contribution < 1.29 is 14.6 Å². The van der Waals surface area contributed by atoms with Crippen LogP contribution < -0.4 is 9.47 Å². The maximum Gasteiger partial charge on any atom is 0.123 e. The first kappa shape index (κ1) is 11.6. The zero-order valence-corrected chi connectivity index (χ0v) is 9.23. The molecule has 0 aliphatic heterocycles. The van der Waals surface area contributed by atoms with E-state index >= 15 is 0 Å². The topological polar surface area (TPSA) is 38.7 Å². The SMILES string of the molecule is COc1cc(/C=C/C(C)O)cc(OC)c1. The minimum Gasteiger partial charge on any atom is -0.497 e. The van der Waals surface area contributed by atoms with Gasteiger partial charge in [-0.1, -0.05) is 12.2 Å². The second kappa shape index (κ2) is 5.41. The highest BCUT2D eigenvalue weighted by molar-refractivity contribution is 5.55. The van der Waals surface area contributed by atoms with Gasteiger partial charge in [0, 0.05) is 6.07 Å². The van der Waals surface area contributed by atoms with Gasteiger partial charge in [0.1, 0.15) is 11.5 Å². The molecule has 0 amide bonds. The number of rotatable bonds is 4. The van der Waals surface area contributed by atoms with Crippen LogP contribution in [0.2, 0.25) is 0 Å². The molecule has 1 aromatic rings. The van der Waals surface area contributed by atoms with Crippen LogP contribution in [-0.2, 0) is 0 Å². The van der Waals surface area contributed by atoms with E-state index in [-0.39, 0.29) is 0 Å². The Morgan fingerprint density at radius 1 is 1.13 bits per heavy atom. The largest absolute Gasteiger partial charge is 0.497 e. The van der Waals surface area contributed by atoms with Crippen LogP contribution >= 0.6 is 0 Å². The van der Waals surface area contributed by atoms with Crippen LogP contribution in [0.25, 0.3) is 6.08 Å². The molecule has 1 rings (SSSR count). The molecule has 15 heavy (non-hydrogen) atoms. The molecule has 0 saturated carbocycles. The highest BCUT2D eigenvalue weighted by Crippen LogP contribution is 2.23. The molecule has 0 aromatic heterocycles. The molecule has 0 radical (unpaired) electrons. The lowest BCUT2D eigenvalue weighted by atomic mass is 10.1. The first-order valence-electron chi connectivity index (χ1n) is 4.75. The predicted molar refractivity (Wildman–Crippen MR) is 60.3 cm³/mol. The third-order valence-electron chi connectivity index (χ3n) is 1.94. The van der Waals surface area contributed by atoms with Crippen LogP contribution in [0, 0.1) is 0 Å². The van der Waals surface area contributed by atoms with Gasteiger partial charge >= 0.3 is 0 Å². The standard InChI is InChI=1S/C12H16O3/c1-9(13)4-5-10-6-11(14-2)8-12(7-10)15-3/h4-9,13H,1-3H3/b5-4+. The van der Waals surface area contributed by atoms with Gasteiger partial charge in [0.15, 0.2) is 0 Å². The van der Waals surface area contributed by atoms with Crippen molar-refractivity contribution in [1.29, 1.82) is 0 Å². The first-order valence-corrected chi connectivity index (χ1v) is 4.75. The van der Waals surface area contributed by atoms with Crippen molar-refractivity contribution in [1.82, 2.24) is 0 Å². The second-order valence-corrected chi connectivity index (χ2v) is 3.25. The molecule has 82 valence electrons. The zero-order valence-electron chi connectivity index (χ0n) is 9.23. The molecule has 0 heterocycles. The Labute approximate surface area is 90.0 Å². The van der Waals surface area contributed by atoms with Crippen molar-refractivity contribution in [2.45, 2.75) is 13.0 Å². The molecule has 1 atom stereocenters. The van der Waals surface area contributed by atoms with Gasteiger partial charge < -0.3 is 14.6 Å². The molecule has 1 N–H and O–H groups in total. The fourth-order valence-corrected chi connectivity index (χ4v) is 1.18. The summed E-state index contributed by atoms with van der Waals surface area (Å²) in [6.07, 6.45) is 3.08. The first-order chi connectivity index (χ1) is 7.15. The molecule has 3 nitrogen and oxygen atoms in total. The van der Waals surface area contributed by atoms with E-state index in [1.807, 2.05) is 18.2 Å². The molecule has 0 fully saturated rings. The highest BCUT2D eigenvalue weighted by atomic mass is 16.5. The molecule has 0 aliphatic carbocycles. The van der Waals surface area contributed by atoms with Crippen molar-refractivity contribution >= 4 is 6.08 Å². The van der Waals surface area contributed by atoms with Gasteiger partial charge in [-0.05, 0) is 24.6 Å². The molecule has 0 bridgehead atoms. The van der Waals surface area contributed by atoms with Gasteiger partial charge in [-0.3, -0.25) is 0 Å². The van der Waals surface area contributed by atoms with Crippen molar-refractivity contribution in [2.75, 3.05) is 14.2 Å². The quantitative estimate of drug-likeness (QED) is 0.823. The molecule has 0 aliphatic rings. The molecule has 0 spiro atoms. The predicted octanol–water partition coefficient (Wildman–Crippen LogP) is 2.10. The van der Waals surface area contributed by atoms with Gasteiger partial charge in [0.2, 0.25) is 0 Å². The summed E-state index contributed by atoms with van der Waals surface area (Å²) in [4.78, 5) is 0. The summed E-state index contributed by atoms with van der Waals surface area (Å²) < 4.78 is 10.3. The number of aliphatic hydroxyl groups excluding tert-OH is 1. The lowest BCUT2D eigenvalue weighted by Gasteiger charge is -2.05. The number of hydrogen-bond donors (Lipinski definition) is 1. The van der Waals surface area contributed by atoms with Gasteiger partial charge in [-0.25, -0.2) is 0 Å². The fourth-order valence-electron chi connectivity index (χ4n) is 1.18. The Kier molecular flexibility index (Phi) is 4.18. The molecular weight excluding hydrogens is 192 g/mol. The van der Waals surface area contributed by atoms with E-state index in [4.69, 9.17) is 14.6 Å². The van der Waals surface area contributed by atoms with E-state index in [9.17, 15) is 0 Å². The number of methoxy groups -OCH3 is 2. The van der Waals surface area contributed by atoms with E-state index in [0.717, 1.165) is 17.1 Å². The van der Waals surface area contributed by atoms with Gasteiger partial charge in [-0.15, -0.1) is 0 Å².